The molecule has 3 aromatic rings. The van der Waals surface area contributed by atoms with Crippen LogP contribution in [-0.4, -0.2) is 24.5 Å². The lowest BCUT2D eigenvalue weighted by atomic mass is 9.94. The van der Waals surface area contributed by atoms with E-state index >= 15 is 0 Å². The molecule has 1 N–H and O–H groups in total. The van der Waals surface area contributed by atoms with Crippen LogP contribution in [0.15, 0.2) is 42.5 Å². The molecule has 28 heavy (non-hydrogen) atoms. The maximum absolute atomic E-state index is 6.35. The van der Waals surface area contributed by atoms with Crippen molar-refractivity contribution < 1.29 is 0 Å². The zero-order valence-electron chi connectivity index (χ0n) is 15.4. The van der Waals surface area contributed by atoms with Crippen LogP contribution in [0.4, 0.5) is 5.82 Å². The Bertz CT molecular complexity index is 1060. The first kappa shape index (κ1) is 17.8. The van der Waals surface area contributed by atoms with Crippen molar-refractivity contribution in [2.24, 2.45) is 0 Å². The molecule has 0 radical (unpaired) electrons. The molecule has 1 aliphatic heterocycles. The molecule has 2 aliphatic rings. The van der Waals surface area contributed by atoms with Gasteiger partial charge in [-0.15, -0.1) is 0 Å². The summed E-state index contributed by atoms with van der Waals surface area (Å²) in [5.41, 5.74) is 3.10. The summed E-state index contributed by atoms with van der Waals surface area (Å²) in [6, 6.07) is 7.94. The maximum atomic E-state index is 6.35. The van der Waals surface area contributed by atoms with Gasteiger partial charge in [-0.1, -0.05) is 42.1 Å². The van der Waals surface area contributed by atoms with E-state index in [2.05, 4.69) is 32.1 Å². The van der Waals surface area contributed by atoms with Gasteiger partial charge in [0.1, 0.15) is 18.2 Å². The van der Waals surface area contributed by atoms with E-state index in [1.165, 1.54) is 12.8 Å². The van der Waals surface area contributed by atoms with E-state index in [1.54, 1.807) is 12.5 Å². The van der Waals surface area contributed by atoms with Gasteiger partial charge in [0.15, 0.2) is 5.82 Å². The summed E-state index contributed by atoms with van der Waals surface area (Å²) in [5.74, 6) is 1.82. The predicted molar refractivity (Wildman–Crippen MR) is 111 cm³/mol. The number of rotatable bonds is 3. The number of hydrogen-bond donors (Lipinski definition) is 1. The standard InChI is InChI=1S/C20H20Cl2N6/c1-12-18(20-23-11-25-27(20)14-4-2-3-5-14)19(28-17(26-12)8-9-24-28)13-6-7-15(21)16(22)10-13/h6-11,14,19,26H,2-5H2,1H3/t19-/m1/s1. The number of aromatic nitrogens is 5. The molecular weight excluding hydrogens is 395 g/mol. The number of hydrogen-bond acceptors (Lipinski definition) is 4. The molecule has 0 saturated heterocycles. The molecule has 6 nitrogen and oxygen atoms in total. The first-order valence-corrected chi connectivity index (χ1v) is 10.2. The SMILES string of the molecule is CC1=C(c2ncnn2C2CCCC2)[C@@H](c2ccc(Cl)c(Cl)c2)n2nccc2N1. The van der Waals surface area contributed by atoms with Crippen molar-refractivity contribution in [2.45, 2.75) is 44.7 Å². The Kier molecular flexibility index (Phi) is 4.40. The van der Waals surface area contributed by atoms with Crippen LogP contribution < -0.4 is 5.32 Å². The van der Waals surface area contributed by atoms with E-state index in [0.717, 1.165) is 41.3 Å². The second kappa shape index (κ2) is 6.94. The van der Waals surface area contributed by atoms with Gasteiger partial charge >= 0.3 is 0 Å². The largest absolute Gasteiger partial charge is 0.344 e. The molecule has 1 aliphatic carbocycles. The van der Waals surface area contributed by atoms with E-state index in [4.69, 9.17) is 23.2 Å². The number of nitrogens with one attached hydrogen (secondary N) is 1. The summed E-state index contributed by atoms with van der Waals surface area (Å²) in [5, 5.41) is 13.7. The van der Waals surface area contributed by atoms with Gasteiger partial charge in [-0.25, -0.2) is 14.3 Å². The van der Waals surface area contributed by atoms with Gasteiger partial charge in [0, 0.05) is 17.3 Å². The fourth-order valence-corrected chi connectivity index (χ4v) is 4.65. The normalized spacial score (nSPS) is 19.8. The van der Waals surface area contributed by atoms with Crippen LogP contribution in [0.5, 0.6) is 0 Å². The van der Waals surface area contributed by atoms with E-state index < -0.39 is 0 Å². The van der Waals surface area contributed by atoms with Crippen molar-refractivity contribution in [3.8, 4) is 0 Å². The molecule has 1 saturated carbocycles. The minimum absolute atomic E-state index is 0.162. The number of fused-ring (bicyclic) bond motifs is 1. The lowest BCUT2D eigenvalue weighted by molar-refractivity contribution is 0.457. The van der Waals surface area contributed by atoms with Crippen LogP contribution in [0, 0.1) is 0 Å². The molecule has 5 rings (SSSR count). The van der Waals surface area contributed by atoms with Crippen LogP contribution in [0.3, 0.4) is 0 Å². The molecule has 8 heteroatoms. The molecule has 1 atom stereocenters. The summed E-state index contributed by atoms with van der Waals surface area (Å²) < 4.78 is 4.06. The Labute approximate surface area is 173 Å². The molecule has 0 amide bonds. The number of halogens is 2. The zero-order chi connectivity index (χ0) is 19.3. The third-order valence-corrected chi connectivity index (χ3v) is 6.39. The predicted octanol–water partition coefficient (Wildman–Crippen LogP) is 5.34. The summed E-state index contributed by atoms with van der Waals surface area (Å²) in [6.45, 7) is 2.07. The molecule has 0 unspecified atom stereocenters. The van der Waals surface area contributed by atoms with Gasteiger partial charge < -0.3 is 5.32 Å². The van der Waals surface area contributed by atoms with Gasteiger partial charge in [-0.05, 0) is 37.5 Å². The minimum atomic E-state index is -0.162. The number of nitrogens with zero attached hydrogens (tertiary/aromatic N) is 5. The fraction of sp³-hybridized carbons (Fsp3) is 0.350. The lowest BCUT2D eigenvalue weighted by Gasteiger charge is -2.31. The highest BCUT2D eigenvalue weighted by Crippen LogP contribution is 2.43. The maximum Gasteiger partial charge on any atom is 0.158 e. The van der Waals surface area contributed by atoms with Crippen LogP contribution in [0.25, 0.3) is 5.57 Å². The van der Waals surface area contributed by atoms with Crippen LogP contribution in [-0.2, 0) is 0 Å². The molecule has 1 fully saturated rings. The van der Waals surface area contributed by atoms with Crippen LogP contribution in [0.1, 0.15) is 56.1 Å². The van der Waals surface area contributed by atoms with Crippen molar-refractivity contribution in [3.63, 3.8) is 0 Å². The molecule has 2 aromatic heterocycles. The first-order valence-electron chi connectivity index (χ1n) is 9.49. The van der Waals surface area contributed by atoms with Crippen molar-refractivity contribution in [3.05, 3.63) is 63.9 Å². The molecule has 0 bridgehead atoms. The van der Waals surface area contributed by atoms with Gasteiger partial charge in [-0.3, -0.25) is 0 Å². The highest BCUT2D eigenvalue weighted by atomic mass is 35.5. The molecular formula is C20H20Cl2N6. The Balaban J connectivity index is 1.69. The Hall–Kier alpha value is -2.31. The third-order valence-electron chi connectivity index (χ3n) is 5.65. The highest BCUT2D eigenvalue weighted by Gasteiger charge is 2.33. The smallest absolute Gasteiger partial charge is 0.158 e. The number of anilines is 1. The summed E-state index contributed by atoms with van der Waals surface area (Å²) in [6.07, 6.45) is 8.20. The third kappa shape index (κ3) is 2.83. The van der Waals surface area contributed by atoms with E-state index in [-0.39, 0.29) is 6.04 Å². The first-order chi connectivity index (χ1) is 13.6. The monoisotopic (exact) mass is 414 g/mol. The fourth-order valence-electron chi connectivity index (χ4n) is 4.35. The minimum Gasteiger partial charge on any atom is -0.344 e. The second-order valence-electron chi connectivity index (χ2n) is 7.37. The molecule has 3 heterocycles. The second-order valence-corrected chi connectivity index (χ2v) is 8.18. The van der Waals surface area contributed by atoms with E-state index in [1.807, 2.05) is 28.9 Å². The van der Waals surface area contributed by atoms with Crippen molar-refractivity contribution in [1.29, 1.82) is 0 Å². The quantitative estimate of drug-likeness (QED) is 0.627. The molecule has 0 spiro atoms. The highest BCUT2D eigenvalue weighted by molar-refractivity contribution is 6.42. The summed E-state index contributed by atoms with van der Waals surface area (Å²) in [7, 11) is 0. The summed E-state index contributed by atoms with van der Waals surface area (Å²) in [4.78, 5) is 4.66. The number of benzene rings is 1. The zero-order valence-corrected chi connectivity index (χ0v) is 17.0. The van der Waals surface area contributed by atoms with Crippen LogP contribution in [0.2, 0.25) is 10.0 Å². The van der Waals surface area contributed by atoms with Gasteiger partial charge in [0.25, 0.3) is 0 Å². The van der Waals surface area contributed by atoms with E-state index in [9.17, 15) is 0 Å². The van der Waals surface area contributed by atoms with Gasteiger partial charge in [0.2, 0.25) is 0 Å². The van der Waals surface area contributed by atoms with Crippen molar-refractivity contribution in [1.82, 2.24) is 24.5 Å². The average molecular weight is 415 g/mol. The molecule has 1 aromatic carbocycles. The van der Waals surface area contributed by atoms with Crippen molar-refractivity contribution >= 4 is 34.6 Å². The summed E-state index contributed by atoms with van der Waals surface area (Å²) >= 11 is 12.5. The van der Waals surface area contributed by atoms with E-state index in [0.29, 0.717) is 16.1 Å². The Morgan fingerprint density at radius 2 is 1.86 bits per heavy atom. The van der Waals surface area contributed by atoms with Gasteiger partial charge in [-0.2, -0.15) is 10.2 Å². The lowest BCUT2D eigenvalue weighted by Crippen LogP contribution is -2.26. The number of allylic oxidation sites excluding steroid dienone is 2. The van der Waals surface area contributed by atoms with Gasteiger partial charge in [0.05, 0.1) is 22.3 Å². The average Bonchev–Trinajstić information content (AvgIpc) is 3.43. The molecule has 144 valence electrons. The van der Waals surface area contributed by atoms with Crippen LogP contribution >= 0.6 is 23.2 Å². The topological polar surface area (TPSA) is 60.6 Å². The van der Waals surface area contributed by atoms with Crippen molar-refractivity contribution in [2.75, 3.05) is 5.32 Å². The Morgan fingerprint density at radius 3 is 2.64 bits per heavy atom. The Morgan fingerprint density at radius 1 is 1.04 bits per heavy atom.